The number of aromatic nitrogens is 1. The molecule has 3 heterocycles. The van der Waals surface area contributed by atoms with Gasteiger partial charge in [0, 0.05) is 41.4 Å². The first-order valence-corrected chi connectivity index (χ1v) is 10.7. The Balaban J connectivity index is 1.78. The lowest BCUT2D eigenvalue weighted by Gasteiger charge is -2.32. The molecule has 2 amide bonds. The van der Waals surface area contributed by atoms with E-state index in [1.54, 1.807) is 0 Å². The van der Waals surface area contributed by atoms with Crippen LogP contribution in [0, 0.1) is 11.7 Å². The minimum absolute atomic E-state index is 0.0308. The van der Waals surface area contributed by atoms with E-state index in [9.17, 15) is 27.2 Å². The van der Waals surface area contributed by atoms with Crippen molar-refractivity contribution < 1.29 is 41.4 Å². The molecule has 2 aromatic rings. The molecule has 8 nitrogen and oxygen atoms in total. The average molecular weight is 497 g/mol. The summed E-state index contributed by atoms with van der Waals surface area (Å²) in [6, 6.07) is 4.05. The molecule has 4 rings (SSSR count). The van der Waals surface area contributed by atoms with Crippen LogP contribution in [0.15, 0.2) is 24.4 Å². The Morgan fingerprint density at radius 3 is 2.60 bits per heavy atom. The van der Waals surface area contributed by atoms with Gasteiger partial charge in [0.25, 0.3) is 11.8 Å². The molecule has 2 aliphatic rings. The van der Waals surface area contributed by atoms with Gasteiger partial charge in [-0.15, -0.1) is 0 Å². The number of rotatable bonds is 5. The molecule has 188 valence electrons. The summed E-state index contributed by atoms with van der Waals surface area (Å²) in [4.78, 5) is 29.2. The van der Waals surface area contributed by atoms with E-state index in [0.717, 1.165) is 6.92 Å². The second kappa shape index (κ2) is 8.67. The summed E-state index contributed by atoms with van der Waals surface area (Å²) in [5.41, 5.74) is -1.96. The number of ether oxygens (including phenoxy) is 3. The van der Waals surface area contributed by atoms with E-state index in [0.29, 0.717) is 5.56 Å². The van der Waals surface area contributed by atoms with Crippen molar-refractivity contribution in [3.05, 3.63) is 47.0 Å². The molecule has 1 aromatic carbocycles. The van der Waals surface area contributed by atoms with Gasteiger partial charge in [-0.05, 0) is 19.1 Å². The lowest BCUT2D eigenvalue weighted by Crippen LogP contribution is -2.47. The minimum Gasteiger partial charge on any atom is -0.494 e. The predicted octanol–water partition coefficient (Wildman–Crippen LogP) is 3.56. The Bertz CT molecular complexity index is 1190. The highest BCUT2D eigenvalue weighted by Gasteiger charge is 2.66. The quantitative estimate of drug-likeness (QED) is 0.613. The number of alkyl halides is 3. The standard InChI is InChI=1S/C23H23F4N3O5/c1-10-15(11-5-6-14(33-3)16(24)18(11)34-4)19(35-22(10,2)23(25,26)27)21(32)30-13-7-8-28-17-12(13)9-29-20(17)31/h5-8,10,15,19H,9H2,1-4H3,(H,29,31)(H,28,30,32)/t10-,15-,19+,22+/m0/s1. The SMILES string of the molecule is COc1ccc([C@H]2[C@H](C(=O)Nc3ccnc4c3CNC4=O)O[C@@](C)(C(F)(F)F)[C@H]2C)c(OC)c1F. The molecule has 2 N–H and O–H groups in total. The molecule has 1 aromatic heterocycles. The molecule has 12 heteroatoms. The van der Waals surface area contributed by atoms with E-state index in [-0.39, 0.29) is 35.0 Å². The van der Waals surface area contributed by atoms with Gasteiger partial charge in [0.1, 0.15) is 11.8 Å². The summed E-state index contributed by atoms with van der Waals surface area (Å²) in [6.07, 6.45) is -5.18. The molecule has 0 spiro atoms. The zero-order valence-electron chi connectivity index (χ0n) is 19.2. The van der Waals surface area contributed by atoms with Crippen LogP contribution in [-0.4, -0.2) is 48.9 Å². The number of nitrogens with one attached hydrogen (secondary N) is 2. The fourth-order valence-corrected chi connectivity index (χ4v) is 4.64. The minimum atomic E-state index is -4.83. The Kier molecular flexibility index (Phi) is 6.12. The average Bonchev–Trinajstić information content (AvgIpc) is 3.32. The fourth-order valence-electron chi connectivity index (χ4n) is 4.64. The van der Waals surface area contributed by atoms with Gasteiger partial charge < -0.3 is 24.8 Å². The third kappa shape index (κ3) is 3.85. The van der Waals surface area contributed by atoms with Crippen LogP contribution in [0.1, 0.15) is 41.4 Å². The van der Waals surface area contributed by atoms with Gasteiger partial charge in [-0.3, -0.25) is 14.6 Å². The van der Waals surface area contributed by atoms with Crippen molar-refractivity contribution in [2.75, 3.05) is 19.5 Å². The first-order valence-electron chi connectivity index (χ1n) is 10.7. The second-order valence-electron chi connectivity index (χ2n) is 8.52. The van der Waals surface area contributed by atoms with Crippen molar-refractivity contribution in [3.8, 4) is 11.5 Å². The molecule has 4 atom stereocenters. The number of anilines is 1. The maximum absolute atomic E-state index is 14.9. The van der Waals surface area contributed by atoms with E-state index in [1.807, 2.05) is 0 Å². The maximum atomic E-state index is 14.9. The topological polar surface area (TPSA) is 98.8 Å². The number of pyridine rings is 1. The third-order valence-electron chi connectivity index (χ3n) is 6.76. The van der Waals surface area contributed by atoms with Gasteiger partial charge >= 0.3 is 6.18 Å². The van der Waals surface area contributed by atoms with Crippen molar-refractivity contribution in [2.24, 2.45) is 5.92 Å². The third-order valence-corrected chi connectivity index (χ3v) is 6.76. The summed E-state index contributed by atoms with van der Waals surface area (Å²) >= 11 is 0. The highest BCUT2D eigenvalue weighted by atomic mass is 19.4. The summed E-state index contributed by atoms with van der Waals surface area (Å²) in [6.45, 7) is 2.25. The number of methoxy groups -OCH3 is 2. The number of nitrogens with zero attached hydrogens (tertiary/aromatic N) is 1. The Hall–Kier alpha value is -3.41. The van der Waals surface area contributed by atoms with Gasteiger partial charge in [-0.1, -0.05) is 13.0 Å². The maximum Gasteiger partial charge on any atom is 0.417 e. The zero-order valence-corrected chi connectivity index (χ0v) is 19.2. The number of hydrogen-bond donors (Lipinski definition) is 2. The highest BCUT2D eigenvalue weighted by Crippen LogP contribution is 2.55. The van der Waals surface area contributed by atoms with Crippen LogP contribution in [0.2, 0.25) is 0 Å². The Labute approximate surface area is 198 Å². The zero-order chi connectivity index (χ0) is 25.7. The van der Waals surface area contributed by atoms with E-state index < -0.39 is 47.3 Å². The normalized spacial score (nSPS) is 25.7. The van der Waals surface area contributed by atoms with E-state index in [2.05, 4.69) is 15.6 Å². The number of amides is 2. The number of fused-ring (bicyclic) bond motifs is 1. The molecular weight excluding hydrogens is 474 g/mol. The van der Waals surface area contributed by atoms with Crippen LogP contribution >= 0.6 is 0 Å². The van der Waals surface area contributed by atoms with Crippen LogP contribution in [0.3, 0.4) is 0 Å². The molecule has 0 bridgehead atoms. The highest BCUT2D eigenvalue weighted by molar-refractivity contribution is 6.01. The van der Waals surface area contributed by atoms with E-state index >= 15 is 0 Å². The number of benzene rings is 1. The van der Waals surface area contributed by atoms with Gasteiger partial charge in [0.2, 0.25) is 5.82 Å². The monoisotopic (exact) mass is 497 g/mol. The van der Waals surface area contributed by atoms with Crippen LogP contribution in [0.5, 0.6) is 11.5 Å². The lowest BCUT2D eigenvalue weighted by atomic mass is 9.77. The number of hydrogen-bond acceptors (Lipinski definition) is 6. The van der Waals surface area contributed by atoms with Gasteiger partial charge in [-0.25, -0.2) is 0 Å². The van der Waals surface area contributed by atoms with Crippen LogP contribution in [0.25, 0.3) is 0 Å². The van der Waals surface area contributed by atoms with Crippen molar-refractivity contribution in [2.45, 2.75) is 44.2 Å². The molecule has 0 radical (unpaired) electrons. The van der Waals surface area contributed by atoms with E-state index in [1.165, 1.54) is 45.5 Å². The predicted molar refractivity (Wildman–Crippen MR) is 115 cm³/mol. The summed E-state index contributed by atoms with van der Waals surface area (Å²) in [7, 11) is 2.41. The summed E-state index contributed by atoms with van der Waals surface area (Å²) in [5, 5.41) is 5.14. The summed E-state index contributed by atoms with van der Waals surface area (Å²) in [5.74, 6) is -5.26. The van der Waals surface area contributed by atoms with Gasteiger partial charge in [0.15, 0.2) is 17.1 Å². The number of carbonyl (C=O) groups excluding carboxylic acids is 2. The molecule has 0 aliphatic carbocycles. The lowest BCUT2D eigenvalue weighted by molar-refractivity contribution is -0.272. The summed E-state index contributed by atoms with van der Waals surface area (Å²) < 4.78 is 72.8. The largest absolute Gasteiger partial charge is 0.494 e. The Morgan fingerprint density at radius 2 is 1.97 bits per heavy atom. The molecule has 1 saturated heterocycles. The van der Waals surface area contributed by atoms with Crippen molar-refractivity contribution >= 4 is 17.5 Å². The molecule has 0 unspecified atom stereocenters. The first-order chi connectivity index (χ1) is 16.4. The van der Waals surface area contributed by atoms with Gasteiger partial charge in [-0.2, -0.15) is 17.6 Å². The van der Waals surface area contributed by atoms with Gasteiger partial charge in [0.05, 0.1) is 14.2 Å². The van der Waals surface area contributed by atoms with Crippen LogP contribution in [-0.2, 0) is 16.1 Å². The van der Waals surface area contributed by atoms with E-state index in [4.69, 9.17) is 14.2 Å². The fraction of sp³-hybridized carbons (Fsp3) is 0.435. The number of carbonyl (C=O) groups is 2. The molecule has 35 heavy (non-hydrogen) atoms. The molecule has 1 fully saturated rings. The first kappa shape index (κ1) is 24.7. The molecule has 2 aliphatic heterocycles. The molecular formula is C23H23F4N3O5. The van der Waals surface area contributed by atoms with Crippen LogP contribution in [0.4, 0.5) is 23.2 Å². The smallest absolute Gasteiger partial charge is 0.417 e. The van der Waals surface area contributed by atoms with Crippen molar-refractivity contribution in [1.82, 2.24) is 10.3 Å². The van der Waals surface area contributed by atoms with Crippen LogP contribution < -0.4 is 20.1 Å². The second-order valence-corrected chi connectivity index (χ2v) is 8.52. The Morgan fingerprint density at radius 1 is 1.26 bits per heavy atom. The molecule has 0 saturated carbocycles. The van der Waals surface area contributed by atoms with Crippen molar-refractivity contribution in [3.63, 3.8) is 0 Å². The van der Waals surface area contributed by atoms with Crippen molar-refractivity contribution in [1.29, 1.82) is 0 Å². The number of halogens is 4.